The van der Waals surface area contributed by atoms with Crippen LogP contribution in [0.1, 0.15) is 37.7 Å². The zero-order valence-electron chi connectivity index (χ0n) is 14.4. The molecule has 1 saturated carbocycles. The number of carbonyl (C=O) groups is 1. The molecule has 1 aliphatic carbocycles. The molecule has 1 aromatic rings. The number of hydrogen-bond donors (Lipinski definition) is 1. The number of quaternary nitrogens is 1. The summed E-state index contributed by atoms with van der Waals surface area (Å²) in [5.41, 5.74) is 1.26. The molecule has 1 heterocycles. The second-order valence-corrected chi connectivity index (χ2v) is 6.93. The molecule has 0 radical (unpaired) electrons. The van der Waals surface area contributed by atoms with E-state index < -0.39 is 0 Å². The van der Waals surface area contributed by atoms with Gasteiger partial charge in [0.25, 0.3) is 0 Å². The normalized spacial score (nSPS) is 20.1. The summed E-state index contributed by atoms with van der Waals surface area (Å²) in [4.78, 5) is 16.3. The monoisotopic (exact) mass is 348 g/mol. The predicted molar refractivity (Wildman–Crippen MR) is 94.2 cm³/mol. The van der Waals surface area contributed by atoms with Crippen molar-refractivity contribution in [3.05, 3.63) is 42.0 Å². The van der Waals surface area contributed by atoms with Gasteiger partial charge in [0.1, 0.15) is 0 Å². The third kappa shape index (κ3) is 5.35. The van der Waals surface area contributed by atoms with Crippen molar-refractivity contribution in [2.45, 2.75) is 32.1 Å². The van der Waals surface area contributed by atoms with Crippen LogP contribution in [0.25, 0.3) is 6.08 Å². The maximum atomic E-state index is 12.6. The Morgan fingerprint density at radius 3 is 2.42 bits per heavy atom. The van der Waals surface area contributed by atoms with E-state index >= 15 is 0 Å². The van der Waals surface area contributed by atoms with E-state index in [1.165, 1.54) is 24.8 Å². The summed E-state index contributed by atoms with van der Waals surface area (Å²) in [7, 11) is 0. The van der Waals surface area contributed by atoms with Crippen LogP contribution in [-0.4, -0.2) is 43.5 Å². The first-order valence-electron chi connectivity index (χ1n) is 9.17. The molecule has 3 nitrogen and oxygen atoms in total. The molecule has 4 heteroatoms. The predicted octanol–water partition coefficient (Wildman–Crippen LogP) is -0.989. The van der Waals surface area contributed by atoms with Crippen molar-refractivity contribution in [3.63, 3.8) is 0 Å². The molecule has 24 heavy (non-hydrogen) atoms. The van der Waals surface area contributed by atoms with Crippen molar-refractivity contribution in [3.8, 4) is 0 Å². The summed E-state index contributed by atoms with van der Waals surface area (Å²) in [5, 5.41) is 0. The van der Waals surface area contributed by atoms with E-state index in [9.17, 15) is 4.79 Å². The second kappa shape index (κ2) is 9.85. The molecule has 0 spiro atoms. The first-order valence-corrected chi connectivity index (χ1v) is 9.17. The molecule has 1 N–H and O–H groups in total. The Morgan fingerprint density at radius 2 is 1.75 bits per heavy atom. The van der Waals surface area contributed by atoms with Gasteiger partial charge in [0.05, 0.1) is 32.7 Å². The number of rotatable bonds is 4. The highest BCUT2D eigenvalue weighted by atomic mass is 35.5. The number of nitrogens with one attached hydrogen (secondary N) is 1. The van der Waals surface area contributed by atoms with Crippen LogP contribution < -0.4 is 17.3 Å². The minimum Gasteiger partial charge on any atom is -1.00 e. The quantitative estimate of drug-likeness (QED) is 0.742. The molecule has 2 fully saturated rings. The minimum absolute atomic E-state index is 0. The fourth-order valence-corrected chi connectivity index (χ4v) is 3.78. The van der Waals surface area contributed by atoms with E-state index in [0.717, 1.165) is 45.6 Å². The summed E-state index contributed by atoms with van der Waals surface area (Å²) >= 11 is 0. The molecule has 2 aliphatic rings. The van der Waals surface area contributed by atoms with Crippen molar-refractivity contribution < 1.29 is 22.1 Å². The third-order valence-electron chi connectivity index (χ3n) is 5.25. The Labute approximate surface area is 152 Å². The van der Waals surface area contributed by atoms with E-state index in [4.69, 9.17) is 0 Å². The molecule has 0 atom stereocenters. The SMILES string of the molecule is O=C(C1CCCCC1)N1CC[NH+](C/C=C/c2ccccc2)CC1.[Cl-]. The number of nitrogens with zero attached hydrogens (tertiary/aromatic N) is 1. The minimum atomic E-state index is 0. The van der Waals surface area contributed by atoms with Gasteiger partial charge in [-0.3, -0.25) is 4.79 Å². The zero-order chi connectivity index (χ0) is 15.9. The maximum absolute atomic E-state index is 12.6. The van der Waals surface area contributed by atoms with Gasteiger partial charge < -0.3 is 22.2 Å². The van der Waals surface area contributed by atoms with E-state index in [0.29, 0.717) is 11.8 Å². The lowest BCUT2D eigenvalue weighted by Gasteiger charge is -2.34. The van der Waals surface area contributed by atoms with Crippen LogP contribution in [0, 0.1) is 5.92 Å². The van der Waals surface area contributed by atoms with Crippen molar-refractivity contribution in [2.75, 3.05) is 32.7 Å². The summed E-state index contributed by atoms with van der Waals surface area (Å²) in [5.74, 6) is 0.756. The van der Waals surface area contributed by atoms with Crippen molar-refractivity contribution in [1.29, 1.82) is 0 Å². The standard InChI is InChI=1S/C20H28N2O.ClH/c23-20(19-11-5-2-6-12-19)22-16-14-21(15-17-22)13-7-10-18-8-3-1-4-9-18;/h1,3-4,7-10,19H,2,5-6,11-17H2;1H/b10-7+;. The molecule has 0 bridgehead atoms. The maximum Gasteiger partial charge on any atom is 0.226 e. The Morgan fingerprint density at radius 1 is 1.08 bits per heavy atom. The van der Waals surface area contributed by atoms with Crippen LogP contribution in [0.15, 0.2) is 36.4 Å². The average molecular weight is 349 g/mol. The lowest BCUT2D eigenvalue weighted by atomic mass is 9.88. The van der Waals surface area contributed by atoms with Crippen LogP contribution in [0.3, 0.4) is 0 Å². The highest BCUT2D eigenvalue weighted by Gasteiger charge is 2.29. The Hall–Kier alpha value is -1.32. The first-order chi connectivity index (χ1) is 11.3. The van der Waals surface area contributed by atoms with Crippen LogP contribution in [0.5, 0.6) is 0 Å². The first kappa shape index (κ1) is 19.0. The second-order valence-electron chi connectivity index (χ2n) is 6.93. The van der Waals surface area contributed by atoms with E-state index in [2.05, 4.69) is 41.3 Å². The highest BCUT2D eigenvalue weighted by Crippen LogP contribution is 2.25. The topological polar surface area (TPSA) is 24.8 Å². The van der Waals surface area contributed by atoms with Crippen LogP contribution in [-0.2, 0) is 4.79 Å². The summed E-state index contributed by atoms with van der Waals surface area (Å²) in [6.45, 7) is 5.09. The fraction of sp³-hybridized carbons (Fsp3) is 0.550. The number of carbonyl (C=O) groups excluding carboxylic acids is 1. The number of hydrogen-bond acceptors (Lipinski definition) is 1. The van der Waals surface area contributed by atoms with Crippen LogP contribution in [0.2, 0.25) is 0 Å². The van der Waals surface area contributed by atoms with E-state index in [1.54, 1.807) is 4.90 Å². The molecule has 0 unspecified atom stereocenters. The molecule has 3 rings (SSSR count). The summed E-state index contributed by atoms with van der Waals surface area (Å²) < 4.78 is 0. The van der Waals surface area contributed by atoms with E-state index in [1.807, 2.05) is 6.07 Å². The molecular weight excluding hydrogens is 320 g/mol. The Balaban J connectivity index is 0.00000208. The lowest BCUT2D eigenvalue weighted by Crippen LogP contribution is -3.14. The molecule has 1 aliphatic heterocycles. The van der Waals surface area contributed by atoms with Gasteiger partial charge in [-0.15, -0.1) is 0 Å². The van der Waals surface area contributed by atoms with Crippen molar-refractivity contribution in [2.24, 2.45) is 5.92 Å². The van der Waals surface area contributed by atoms with Gasteiger partial charge in [0.15, 0.2) is 0 Å². The summed E-state index contributed by atoms with van der Waals surface area (Å²) in [6, 6.07) is 10.5. The van der Waals surface area contributed by atoms with Gasteiger partial charge in [-0.1, -0.05) is 55.7 Å². The van der Waals surface area contributed by atoms with Crippen LogP contribution >= 0.6 is 0 Å². The molecule has 1 saturated heterocycles. The molecule has 0 aromatic heterocycles. The average Bonchev–Trinajstić information content (AvgIpc) is 2.63. The summed E-state index contributed by atoms with van der Waals surface area (Å²) in [6.07, 6.45) is 10.5. The zero-order valence-corrected chi connectivity index (χ0v) is 15.2. The van der Waals surface area contributed by atoms with Gasteiger partial charge in [0.2, 0.25) is 5.91 Å². The smallest absolute Gasteiger partial charge is 0.226 e. The third-order valence-corrected chi connectivity index (χ3v) is 5.25. The molecule has 1 aromatic carbocycles. The van der Waals surface area contributed by atoms with Gasteiger partial charge in [-0.2, -0.15) is 0 Å². The van der Waals surface area contributed by atoms with Crippen molar-refractivity contribution in [1.82, 2.24) is 4.90 Å². The van der Waals surface area contributed by atoms with Gasteiger partial charge in [-0.25, -0.2) is 0 Å². The van der Waals surface area contributed by atoms with Crippen molar-refractivity contribution >= 4 is 12.0 Å². The molecule has 132 valence electrons. The lowest BCUT2D eigenvalue weighted by molar-refractivity contribution is -0.898. The Kier molecular flexibility index (Phi) is 7.80. The Bertz CT molecular complexity index is 518. The van der Waals surface area contributed by atoms with Gasteiger partial charge >= 0.3 is 0 Å². The molecule has 1 amide bonds. The largest absolute Gasteiger partial charge is 1.00 e. The molecular formula is C20H29ClN2O. The highest BCUT2D eigenvalue weighted by molar-refractivity contribution is 5.79. The van der Waals surface area contributed by atoms with E-state index in [-0.39, 0.29) is 12.4 Å². The number of benzene rings is 1. The number of halogens is 1. The fourth-order valence-electron chi connectivity index (χ4n) is 3.78. The van der Waals surface area contributed by atoms with Crippen LogP contribution in [0.4, 0.5) is 0 Å². The van der Waals surface area contributed by atoms with Gasteiger partial charge in [0, 0.05) is 5.92 Å². The number of amides is 1. The van der Waals surface area contributed by atoms with Gasteiger partial charge in [-0.05, 0) is 24.5 Å². The number of piperazine rings is 1.